The van der Waals surface area contributed by atoms with E-state index in [0.717, 1.165) is 6.07 Å². The lowest BCUT2D eigenvalue weighted by atomic mass is 10.1. The van der Waals surface area contributed by atoms with Gasteiger partial charge >= 0.3 is 0 Å². The largest absolute Gasteiger partial charge is 0.391 e. The van der Waals surface area contributed by atoms with Crippen LogP contribution in [0.5, 0.6) is 0 Å². The van der Waals surface area contributed by atoms with Gasteiger partial charge in [-0.25, -0.2) is 13.1 Å². The summed E-state index contributed by atoms with van der Waals surface area (Å²) in [5.74, 6) is -0.0956. The molecule has 21 heavy (non-hydrogen) atoms. The Kier molecular flexibility index (Phi) is 5.43. The van der Waals surface area contributed by atoms with Gasteiger partial charge in [0.05, 0.1) is 15.9 Å². The summed E-state index contributed by atoms with van der Waals surface area (Å²) >= 11 is 0. The van der Waals surface area contributed by atoms with Crippen LogP contribution < -0.4 is 4.72 Å². The van der Waals surface area contributed by atoms with E-state index >= 15 is 0 Å². The predicted molar refractivity (Wildman–Crippen MR) is 78.6 cm³/mol. The van der Waals surface area contributed by atoms with Crippen LogP contribution in [0.25, 0.3) is 0 Å². The number of hydrogen-bond donors (Lipinski definition) is 2. The highest BCUT2D eigenvalue weighted by Crippen LogP contribution is 2.25. The van der Waals surface area contributed by atoms with Gasteiger partial charge < -0.3 is 5.11 Å². The first-order valence-corrected chi connectivity index (χ1v) is 7.98. The Balaban J connectivity index is 3.12. The van der Waals surface area contributed by atoms with Crippen molar-refractivity contribution in [3.63, 3.8) is 0 Å². The highest BCUT2D eigenvalue weighted by molar-refractivity contribution is 7.89. The summed E-state index contributed by atoms with van der Waals surface area (Å²) < 4.78 is 26.6. The van der Waals surface area contributed by atoms with Crippen LogP contribution in [0, 0.1) is 29.9 Å². The van der Waals surface area contributed by atoms with Gasteiger partial charge in [0, 0.05) is 18.2 Å². The van der Waals surface area contributed by atoms with E-state index in [1.165, 1.54) is 6.07 Å². The molecule has 0 bridgehead atoms. The molecule has 0 radical (unpaired) electrons. The molecule has 0 aliphatic heterocycles. The quantitative estimate of drug-likeness (QED) is 0.610. The van der Waals surface area contributed by atoms with E-state index in [2.05, 4.69) is 4.72 Å². The van der Waals surface area contributed by atoms with E-state index in [1.54, 1.807) is 27.7 Å². The third-order valence-electron chi connectivity index (χ3n) is 3.37. The SMILES string of the molecule is Cc1cc(S(=O)(=O)NCC(O)C(C)C)cc([N+](=O)[O-])c1C. The maximum Gasteiger partial charge on any atom is 0.273 e. The zero-order valence-corrected chi connectivity index (χ0v) is 13.3. The van der Waals surface area contributed by atoms with E-state index in [1.807, 2.05) is 0 Å². The molecule has 0 amide bonds. The van der Waals surface area contributed by atoms with Crippen LogP contribution in [-0.4, -0.2) is 31.1 Å². The summed E-state index contributed by atoms with van der Waals surface area (Å²) in [6.45, 7) is 6.57. The van der Waals surface area contributed by atoms with Gasteiger partial charge in [-0.2, -0.15) is 0 Å². The van der Waals surface area contributed by atoms with Crippen LogP contribution in [-0.2, 0) is 10.0 Å². The molecule has 0 aliphatic carbocycles. The number of nitro groups is 1. The van der Waals surface area contributed by atoms with Gasteiger partial charge in [0.1, 0.15) is 0 Å². The Hall–Kier alpha value is -1.51. The lowest BCUT2D eigenvalue weighted by molar-refractivity contribution is -0.385. The fraction of sp³-hybridized carbons (Fsp3) is 0.538. The van der Waals surface area contributed by atoms with E-state index in [9.17, 15) is 23.6 Å². The van der Waals surface area contributed by atoms with Crippen LogP contribution in [0.3, 0.4) is 0 Å². The van der Waals surface area contributed by atoms with E-state index in [0.29, 0.717) is 11.1 Å². The molecule has 0 aromatic heterocycles. The van der Waals surface area contributed by atoms with Crippen molar-refractivity contribution in [3.05, 3.63) is 33.4 Å². The van der Waals surface area contributed by atoms with Crippen molar-refractivity contribution in [1.29, 1.82) is 0 Å². The molecule has 0 saturated carbocycles. The minimum atomic E-state index is -3.90. The molecule has 2 N–H and O–H groups in total. The number of aryl methyl sites for hydroxylation is 1. The summed E-state index contributed by atoms with van der Waals surface area (Å²) in [7, 11) is -3.90. The molecule has 0 heterocycles. The molecular formula is C13H20N2O5S. The molecule has 1 aromatic carbocycles. The highest BCUT2D eigenvalue weighted by Gasteiger charge is 2.22. The Morgan fingerprint density at radius 1 is 1.33 bits per heavy atom. The van der Waals surface area contributed by atoms with Crippen molar-refractivity contribution in [2.24, 2.45) is 5.92 Å². The van der Waals surface area contributed by atoms with E-state index in [-0.39, 0.29) is 23.0 Å². The first-order valence-electron chi connectivity index (χ1n) is 6.49. The van der Waals surface area contributed by atoms with E-state index in [4.69, 9.17) is 0 Å². The van der Waals surface area contributed by atoms with Crippen molar-refractivity contribution in [2.45, 2.75) is 38.7 Å². The van der Waals surface area contributed by atoms with Crippen LogP contribution >= 0.6 is 0 Å². The summed E-state index contributed by atoms with van der Waals surface area (Å²) in [6.07, 6.45) is -0.818. The molecule has 1 aromatic rings. The second kappa shape index (κ2) is 6.50. The van der Waals surface area contributed by atoms with Crippen LogP contribution in [0.2, 0.25) is 0 Å². The second-order valence-corrected chi connectivity index (χ2v) is 7.07. The monoisotopic (exact) mass is 316 g/mol. The molecule has 1 atom stereocenters. The molecule has 0 spiro atoms. The van der Waals surface area contributed by atoms with Crippen molar-refractivity contribution in [3.8, 4) is 0 Å². The van der Waals surface area contributed by atoms with Gasteiger partial charge in [-0.1, -0.05) is 13.8 Å². The molecular weight excluding hydrogens is 296 g/mol. The fourth-order valence-corrected chi connectivity index (χ4v) is 2.82. The number of nitrogens with zero attached hydrogens (tertiary/aromatic N) is 1. The number of sulfonamides is 1. The summed E-state index contributed by atoms with van der Waals surface area (Å²) in [4.78, 5) is 10.2. The normalized spacial score (nSPS) is 13.4. The minimum absolute atomic E-state index is 0.0956. The zero-order valence-electron chi connectivity index (χ0n) is 12.5. The third-order valence-corrected chi connectivity index (χ3v) is 4.78. The standard InChI is InChI=1S/C13H20N2O5S/c1-8(2)13(16)7-14-21(19,20)11-5-9(3)10(4)12(6-11)15(17)18/h5-6,8,13-14,16H,7H2,1-4H3. The lowest BCUT2D eigenvalue weighted by Gasteiger charge is -2.15. The zero-order chi connectivity index (χ0) is 16.4. The third kappa shape index (κ3) is 4.23. The van der Waals surface area contributed by atoms with Crippen molar-refractivity contribution in [2.75, 3.05) is 6.54 Å². The number of hydrogen-bond acceptors (Lipinski definition) is 5. The van der Waals surface area contributed by atoms with Gasteiger partial charge in [-0.05, 0) is 31.4 Å². The Labute approximate surface area is 124 Å². The summed E-state index contributed by atoms with van der Waals surface area (Å²) in [6, 6.07) is 2.42. The molecule has 1 unspecified atom stereocenters. The van der Waals surface area contributed by atoms with Crippen LogP contribution in [0.1, 0.15) is 25.0 Å². The highest BCUT2D eigenvalue weighted by atomic mass is 32.2. The molecule has 0 fully saturated rings. The Morgan fingerprint density at radius 2 is 1.90 bits per heavy atom. The summed E-state index contributed by atoms with van der Waals surface area (Å²) in [5, 5.41) is 20.6. The Morgan fingerprint density at radius 3 is 2.38 bits per heavy atom. The first kappa shape index (κ1) is 17.5. The number of nitrogens with one attached hydrogen (secondary N) is 1. The van der Waals surface area contributed by atoms with Gasteiger partial charge in [0.15, 0.2) is 0 Å². The number of benzene rings is 1. The number of rotatable bonds is 6. The molecule has 7 nitrogen and oxygen atoms in total. The van der Waals surface area contributed by atoms with Crippen LogP contribution in [0.15, 0.2) is 17.0 Å². The molecule has 1 rings (SSSR count). The van der Waals surface area contributed by atoms with Gasteiger partial charge in [-0.15, -0.1) is 0 Å². The van der Waals surface area contributed by atoms with Gasteiger partial charge in [0.2, 0.25) is 10.0 Å². The average Bonchev–Trinajstić information content (AvgIpc) is 2.38. The molecule has 118 valence electrons. The molecule has 8 heteroatoms. The van der Waals surface area contributed by atoms with Gasteiger partial charge in [0.25, 0.3) is 5.69 Å². The number of aliphatic hydroxyl groups is 1. The maximum absolute atomic E-state index is 12.2. The number of aliphatic hydroxyl groups excluding tert-OH is 1. The Bertz CT molecular complexity index is 640. The molecule has 0 saturated heterocycles. The minimum Gasteiger partial charge on any atom is -0.391 e. The van der Waals surface area contributed by atoms with Gasteiger partial charge in [-0.3, -0.25) is 10.1 Å². The van der Waals surface area contributed by atoms with Crippen molar-refractivity contribution in [1.82, 2.24) is 4.72 Å². The topological polar surface area (TPSA) is 110 Å². The lowest BCUT2D eigenvalue weighted by Crippen LogP contribution is -2.34. The smallest absolute Gasteiger partial charge is 0.273 e. The first-order chi connectivity index (χ1) is 9.56. The average molecular weight is 316 g/mol. The molecule has 0 aliphatic rings. The second-order valence-electron chi connectivity index (χ2n) is 5.30. The number of nitro benzene ring substituents is 1. The summed E-state index contributed by atoms with van der Waals surface area (Å²) in [5.41, 5.74) is 0.718. The van der Waals surface area contributed by atoms with Crippen molar-refractivity contribution >= 4 is 15.7 Å². The van der Waals surface area contributed by atoms with E-state index < -0.39 is 21.1 Å². The van der Waals surface area contributed by atoms with Crippen molar-refractivity contribution < 1.29 is 18.4 Å². The van der Waals surface area contributed by atoms with Crippen LogP contribution in [0.4, 0.5) is 5.69 Å². The fourth-order valence-electron chi connectivity index (χ4n) is 1.67. The maximum atomic E-state index is 12.2. The predicted octanol–water partition coefficient (Wildman–Crippen LogP) is 1.51.